The molecule has 0 aliphatic rings. The molecule has 0 fully saturated rings. The van der Waals surface area contributed by atoms with Crippen LogP contribution in [0.2, 0.25) is 0 Å². The Bertz CT molecular complexity index is 488. The van der Waals surface area contributed by atoms with Crippen LogP contribution in [0.3, 0.4) is 0 Å². The number of unbranched alkanes of at least 4 members (excludes halogenated alkanes) is 8. The molecular formula is C22H43N5O2. The first-order valence-corrected chi connectivity index (χ1v) is 10.7. The highest BCUT2D eigenvalue weighted by atomic mass is 16.4. The summed E-state index contributed by atoms with van der Waals surface area (Å²) in [6.07, 6.45) is 22.3. The lowest BCUT2D eigenvalue weighted by Crippen LogP contribution is -2.42. The molecule has 7 heteroatoms. The van der Waals surface area contributed by atoms with Crippen LogP contribution < -0.4 is 11.1 Å². The standard InChI is InChI=1S/C18H32O2.C4H11N5/c1-2-3-4-5-6-7-8-9-10-11-12-13-14-15-16-17-18(19)20;1-9(2)4(7)8-3(5)6/h6-7,9-10H,2-5,8,11-17H2,1H3,(H,19,20);1-2H3,(H5,5,6,7,8)/b7-6-,10-9-;. The summed E-state index contributed by atoms with van der Waals surface area (Å²) in [7, 11) is 3.39. The largest absolute Gasteiger partial charge is 0.481 e. The van der Waals surface area contributed by atoms with Crippen LogP contribution in [0.15, 0.2) is 24.3 Å². The highest BCUT2D eigenvalue weighted by Crippen LogP contribution is 2.08. The summed E-state index contributed by atoms with van der Waals surface area (Å²) in [6, 6.07) is 0. The number of nitrogens with two attached hydrogens (primary N) is 1. The molecule has 0 aliphatic heterocycles. The Morgan fingerprint density at radius 3 is 1.90 bits per heavy atom. The Hall–Kier alpha value is -2.31. The third-order valence-electron chi connectivity index (χ3n) is 4.04. The Morgan fingerprint density at radius 2 is 1.45 bits per heavy atom. The van der Waals surface area contributed by atoms with Crippen LogP contribution >= 0.6 is 0 Å². The van der Waals surface area contributed by atoms with Crippen molar-refractivity contribution in [3.63, 3.8) is 0 Å². The fraction of sp³-hybridized carbons (Fsp3) is 0.682. The summed E-state index contributed by atoms with van der Waals surface area (Å²) >= 11 is 0. The molecule has 0 aliphatic carbocycles. The SMILES string of the molecule is CCCCC/C=C\C/C=C\CCCCCCCC(=O)O.CN(C)C(=N)NC(=N)N. The molecular weight excluding hydrogens is 366 g/mol. The number of guanidine groups is 2. The first kappa shape index (κ1) is 28.9. The fourth-order valence-corrected chi connectivity index (χ4v) is 2.33. The van der Waals surface area contributed by atoms with Gasteiger partial charge >= 0.3 is 5.97 Å². The van der Waals surface area contributed by atoms with Crippen molar-refractivity contribution in [1.82, 2.24) is 10.2 Å². The fourth-order valence-electron chi connectivity index (χ4n) is 2.33. The van der Waals surface area contributed by atoms with Crippen LogP contribution in [-0.2, 0) is 4.79 Å². The summed E-state index contributed by atoms with van der Waals surface area (Å²) in [6.45, 7) is 2.23. The van der Waals surface area contributed by atoms with E-state index >= 15 is 0 Å². The Balaban J connectivity index is 0. The molecule has 168 valence electrons. The molecule has 29 heavy (non-hydrogen) atoms. The predicted octanol–water partition coefficient (Wildman–Crippen LogP) is 4.85. The van der Waals surface area contributed by atoms with Gasteiger partial charge in [-0.3, -0.25) is 20.9 Å². The summed E-state index contributed by atoms with van der Waals surface area (Å²) in [5.41, 5.74) is 4.94. The number of hydrogen-bond acceptors (Lipinski definition) is 3. The van der Waals surface area contributed by atoms with Crippen LogP contribution in [0, 0.1) is 10.8 Å². The van der Waals surface area contributed by atoms with Crippen LogP contribution in [0.4, 0.5) is 0 Å². The van der Waals surface area contributed by atoms with Crippen molar-refractivity contribution in [2.24, 2.45) is 5.73 Å². The first-order chi connectivity index (χ1) is 13.8. The third kappa shape index (κ3) is 28.0. The average Bonchev–Trinajstić information content (AvgIpc) is 2.64. The van der Waals surface area contributed by atoms with E-state index in [0.29, 0.717) is 6.42 Å². The van der Waals surface area contributed by atoms with Gasteiger partial charge in [-0.15, -0.1) is 0 Å². The number of nitrogens with zero attached hydrogens (tertiary/aromatic N) is 1. The lowest BCUT2D eigenvalue weighted by molar-refractivity contribution is -0.137. The van der Waals surface area contributed by atoms with Gasteiger partial charge in [-0.05, 0) is 38.5 Å². The molecule has 7 nitrogen and oxygen atoms in total. The van der Waals surface area contributed by atoms with E-state index in [4.69, 9.17) is 21.7 Å². The van der Waals surface area contributed by atoms with E-state index in [-0.39, 0.29) is 11.9 Å². The normalized spacial score (nSPS) is 10.6. The third-order valence-corrected chi connectivity index (χ3v) is 4.04. The van der Waals surface area contributed by atoms with Gasteiger partial charge in [-0.1, -0.05) is 63.3 Å². The average molecular weight is 410 g/mol. The highest BCUT2D eigenvalue weighted by Gasteiger charge is 1.96. The second kappa shape index (κ2) is 22.0. The van der Waals surface area contributed by atoms with Crippen LogP contribution in [-0.4, -0.2) is 42.0 Å². The molecule has 0 rings (SSSR count). The summed E-state index contributed by atoms with van der Waals surface area (Å²) < 4.78 is 0. The predicted molar refractivity (Wildman–Crippen MR) is 123 cm³/mol. The zero-order valence-corrected chi connectivity index (χ0v) is 18.7. The van der Waals surface area contributed by atoms with Gasteiger partial charge in [0.15, 0.2) is 11.9 Å². The maximum atomic E-state index is 10.3. The molecule has 0 saturated carbocycles. The zero-order chi connectivity index (χ0) is 22.3. The molecule has 0 saturated heterocycles. The monoisotopic (exact) mass is 409 g/mol. The number of carboxylic acids is 1. The molecule has 0 aromatic carbocycles. The summed E-state index contributed by atoms with van der Waals surface area (Å²) in [5.74, 6) is -0.771. The summed E-state index contributed by atoms with van der Waals surface area (Å²) in [4.78, 5) is 11.8. The first-order valence-electron chi connectivity index (χ1n) is 10.7. The van der Waals surface area contributed by atoms with Gasteiger partial charge in [0.1, 0.15) is 0 Å². The van der Waals surface area contributed by atoms with Crippen molar-refractivity contribution in [2.75, 3.05) is 14.1 Å². The molecule has 0 aromatic heterocycles. The Labute approximate surface area is 177 Å². The number of allylic oxidation sites excluding steroid dienone is 4. The number of hydrogen-bond donors (Lipinski definition) is 5. The van der Waals surface area contributed by atoms with E-state index in [1.165, 1.54) is 49.8 Å². The van der Waals surface area contributed by atoms with Crippen molar-refractivity contribution in [2.45, 2.75) is 84.0 Å². The molecule has 0 heterocycles. The minimum Gasteiger partial charge on any atom is -0.481 e. The quantitative estimate of drug-likeness (QED) is 0.121. The number of rotatable bonds is 14. The van der Waals surface area contributed by atoms with Crippen molar-refractivity contribution >= 4 is 17.9 Å². The van der Waals surface area contributed by atoms with Gasteiger partial charge in [0, 0.05) is 20.5 Å². The molecule has 6 N–H and O–H groups in total. The van der Waals surface area contributed by atoms with E-state index in [0.717, 1.165) is 25.7 Å². The van der Waals surface area contributed by atoms with E-state index < -0.39 is 5.97 Å². The van der Waals surface area contributed by atoms with Gasteiger partial charge in [-0.2, -0.15) is 0 Å². The van der Waals surface area contributed by atoms with Crippen molar-refractivity contribution in [1.29, 1.82) is 10.8 Å². The van der Waals surface area contributed by atoms with Crippen LogP contribution in [0.1, 0.15) is 84.0 Å². The Kier molecular flexibility index (Phi) is 21.9. The van der Waals surface area contributed by atoms with Gasteiger partial charge < -0.3 is 15.7 Å². The summed E-state index contributed by atoms with van der Waals surface area (Å²) in [5, 5.41) is 24.6. The molecule has 0 aromatic rings. The maximum absolute atomic E-state index is 10.3. The molecule has 0 bridgehead atoms. The smallest absolute Gasteiger partial charge is 0.303 e. The number of nitrogens with one attached hydrogen (secondary N) is 3. The van der Waals surface area contributed by atoms with Gasteiger partial charge in [0.25, 0.3) is 0 Å². The minimum atomic E-state index is -0.671. The second-order valence-electron chi connectivity index (χ2n) is 7.16. The van der Waals surface area contributed by atoms with Crippen LogP contribution in [0.25, 0.3) is 0 Å². The van der Waals surface area contributed by atoms with E-state index in [1.54, 1.807) is 14.1 Å². The van der Waals surface area contributed by atoms with Gasteiger partial charge in [-0.25, -0.2) is 0 Å². The molecule has 0 atom stereocenters. The highest BCUT2D eigenvalue weighted by molar-refractivity contribution is 5.94. The Morgan fingerprint density at radius 1 is 0.931 bits per heavy atom. The van der Waals surface area contributed by atoms with E-state index in [9.17, 15) is 4.79 Å². The topological polar surface area (TPSA) is 126 Å². The molecule has 0 spiro atoms. The molecule has 0 radical (unpaired) electrons. The van der Waals surface area contributed by atoms with Crippen LogP contribution in [0.5, 0.6) is 0 Å². The van der Waals surface area contributed by atoms with Gasteiger partial charge in [0.05, 0.1) is 0 Å². The minimum absolute atomic E-state index is 0.113. The van der Waals surface area contributed by atoms with E-state index in [1.807, 2.05) is 0 Å². The molecule has 0 unspecified atom stereocenters. The number of carboxylic acid groups (broad SMARTS) is 1. The van der Waals surface area contributed by atoms with Crippen molar-refractivity contribution < 1.29 is 9.90 Å². The van der Waals surface area contributed by atoms with Gasteiger partial charge in [0.2, 0.25) is 0 Å². The van der Waals surface area contributed by atoms with Crippen molar-refractivity contribution in [3.8, 4) is 0 Å². The lowest BCUT2D eigenvalue weighted by atomic mass is 10.1. The lowest BCUT2D eigenvalue weighted by Gasteiger charge is -2.13. The number of aliphatic carboxylic acids is 1. The maximum Gasteiger partial charge on any atom is 0.303 e. The molecule has 0 amide bonds. The van der Waals surface area contributed by atoms with Crippen molar-refractivity contribution in [3.05, 3.63) is 24.3 Å². The zero-order valence-electron chi connectivity index (χ0n) is 18.7. The number of carbonyl (C=O) groups is 1. The van der Waals surface area contributed by atoms with E-state index in [2.05, 4.69) is 36.5 Å². The second-order valence-corrected chi connectivity index (χ2v) is 7.16.